The van der Waals surface area contributed by atoms with Crippen molar-refractivity contribution in [3.63, 3.8) is 0 Å². The fourth-order valence-electron chi connectivity index (χ4n) is 2.53. The van der Waals surface area contributed by atoms with Gasteiger partial charge in [0.15, 0.2) is 0 Å². The molecule has 1 amide bonds. The number of hydrogen-bond donors (Lipinski definition) is 0. The topological polar surface area (TPSA) is 33.2 Å². The third-order valence-corrected chi connectivity index (χ3v) is 4.67. The second-order valence-electron chi connectivity index (χ2n) is 5.48. The maximum Gasteiger partial charge on any atom is 0.223 e. The van der Waals surface area contributed by atoms with Crippen LogP contribution in [-0.2, 0) is 17.6 Å². The number of benzene rings is 1. The van der Waals surface area contributed by atoms with Crippen molar-refractivity contribution in [1.29, 1.82) is 0 Å². The van der Waals surface area contributed by atoms with E-state index in [0.29, 0.717) is 12.5 Å². The Hall–Kier alpha value is -1.68. The first-order chi connectivity index (χ1) is 10.3. The number of aromatic nitrogens is 1. The van der Waals surface area contributed by atoms with Gasteiger partial charge in [0.1, 0.15) is 0 Å². The average molecular weight is 300 g/mol. The summed E-state index contributed by atoms with van der Waals surface area (Å²) in [6.45, 7) is 0.811. The molecule has 0 spiro atoms. The molecular formula is C17H20N2OS. The van der Waals surface area contributed by atoms with E-state index in [4.69, 9.17) is 0 Å². The monoisotopic (exact) mass is 300 g/mol. The van der Waals surface area contributed by atoms with E-state index in [0.717, 1.165) is 37.2 Å². The summed E-state index contributed by atoms with van der Waals surface area (Å²) < 4.78 is 0. The summed E-state index contributed by atoms with van der Waals surface area (Å²) in [5.74, 6) is 0.290. The van der Waals surface area contributed by atoms with Crippen molar-refractivity contribution in [2.45, 2.75) is 38.1 Å². The Balaban J connectivity index is 1.52. The zero-order chi connectivity index (χ0) is 14.5. The van der Waals surface area contributed by atoms with Crippen molar-refractivity contribution >= 4 is 17.2 Å². The predicted octanol–water partition coefficient (Wildman–Crippen LogP) is 3.31. The number of hydrogen-bond acceptors (Lipinski definition) is 3. The number of carbonyl (C=O) groups excluding carboxylic acids is 1. The van der Waals surface area contributed by atoms with E-state index in [1.54, 1.807) is 11.3 Å². The van der Waals surface area contributed by atoms with Crippen molar-refractivity contribution in [2.24, 2.45) is 0 Å². The third-order valence-electron chi connectivity index (χ3n) is 3.83. The first-order valence-electron chi connectivity index (χ1n) is 7.54. The van der Waals surface area contributed by atoms with Crippen LogP contribution in [0.4, 0.5) is 0 Å². The largest absolute Gasteiger partial charge is 0.339 e. The highest BCUT2D eigenvalue weighted by Crippen LogP contribution is 2.28. The maximum atomic E-state index is 12.5. The molecule has 1 aliphatic rings. The molecule has 0 bridgehead atoms. The molecule has 0 unspecified atom stereocenters. The molecule has 21 heavy (non-hydrogen) atoms. The lowest BCUT2D eigenvalue weighted by Crippen LogP contribution is -2.35. The number of nitrogens with zero attached hydrogens (tertiary/aromatic N) is 2. The van der Waals surface area contributed by atoms with Crippen LogP contribution in [0.25, 0.3) is 0 Å². The molecule has 1 aromatic heterocycles. The van der Waals surface area contributed by atoms with E-state index >= 15 is 0 Å². The minimum atomic E-state index is 0.290. The normalized spacial score (nSPS) is 14.1. The quantitative estimate of drug-likeness (QED) is 0.786. The van der Waals surface area contributed by atoms with Crippen LogP contribution < -0.4 is 0 Å². The zero-order valence-corrected chi connectivity index (χ0v) is 12.9. The van der Waals surface area contributed by atoms with Gasteiger partial charge in [-0.15, -0.1) is 11.3 Å². The number of rotatable bonds is 7. The molecule has 0 N–H and O–H groups in total. The lowest BCUT2D eigenvalue weighted by Gasteiger charge is -2.22. The summed E-state index contributed by atoms with van der Waals surface area (Å²) in [4.78, 5) is 18.8. The standard InChI is InChI=1S/C17H20N2OS/c20-17(9-6-14-4-2-1-3-5-14)19(15-7-8-15)12-10-16-18-11-13-21-16/h1-5,11,13,15H,6-10,12H2. The van der Waals surface area contributed by atoms with Crippen molar-refractivity contribution in [1.82, 2.24) is 9.88 Å². The van der Waals surface area contributed by atoms with Gasteiger partial charge in [0.05, 0.1) is 5.01 Å². The number of thiazole rings is 1. The van der Waals surface area contributed by atoms with Crippen molar-refractivity contribution in [3.05, 3.63) is 52.5 Å². The summed E-state index contributed by atoms with van der Waals surface area (Å²) in [6.07, 6.45) is 6.48. The number of carbonyl (C=O) groups is 1. The van der Waals surface area contributed by atoms with Gasteiger partial charge in [0.25, 0.3) is 0 Å². The van der Waals surface area contributed by atoms with E-state index < -0.39 is 0 Å². The van der Waals surface area contributed by atoms with E-state index in [9.17, 15) is 4.79 Å². The van der Waals surface area contributed by atoms with Gasteiger partial charge in [-0.1, -0.05) is 30.3 Å². The maximum absolute atomic E-state index is 12.5. The molecular weight excluding hydrogens is 280 g/mol. The van der Waals surface area contributed by atoms with E-state index in [-0.39, 0.29) is 5.91 Å². The predicted molar refractivity (Wildman–Crippen MR) is 85.3 cm³/mol. The molecule has 0 radical (unpaired) electrons. The van der Waals surface area contributed by atoms with Gasteiger partial charge in [-0.05, 0) is 24.8 Å². The van der Waals surface area contributed by atoms with E-state index in [2.05, 4.69) is 22.0 Å². The van der Waals surface area contributed by atoms with Gasteiger partial charge in [0, 0.05) is 37.0 Å². The zero-order valence-electron chi connectivity index (χ0n) is 12.1. The Kier molecular flexibility index (Phi) is 4.65. The molecule has 110 valence electrons. The summed E-state index contributed by atoms with van der Waals surface area (Å²) in [6, 6.07) is 10.7. The van der Waals surface area contributed by atoms with Gasteiger partial charge >= 0.3 is 0 Å². The van der Waals surface area contributed by atoms with Crippen LogP contribution in [0.1, 0.15) is 29.8 Å². The molecule has 0 saturated heterocycles. The lowest BCUT2D eigenvalue weighted by molar-refractivity contribution is -0.131. The van der Waals surface area contributed by atoms with Crippen molar-refractivity contribution in [2.75, 3.05) is 6.54 Å². The Morgan fingerprint density at radius 3 is 2.71 bits per heavy atom. The van der Waals surface area contributed by atoms with Gasteiger partial charge in [-0.25, -0.2) is 4.98 Å². The van der Waals surface area contributed by atoms with Crippen molar-refractivity contribution in [3.8, 4) is 0 Å². The van der Waals surface area contributed by atoms with Crippen LogP contribution in [0.3, 0.4) is 0 Å². The van der Waals surface area contributed by atoms with Gasteiger partial charge < -0.3 is 4.90 Å². The third kappa shape index (κ3) is 4.14. The molecule has 1 saturated carbocycles. The van der Waals surface area contributed by atoms with Gasteiger partial charge in [0.2, 0.25) is 5.91 Å². The highest BCUT2D eigenvalue weighted by atomic mass is 32.1. The summed E-state index contributed by atoms with van der Waals surface area (Å²) in [5.41, 5.74) is 1.24. The summed E-state index contributed by atoms with van der Waals surface area (Å²) >= 11 is 1.67. The Morgan fingerprint density at radius 2 is 2.05 bits per heavy atom. The van der Waals surface area contributed by atoms with Crippen LogP contribution in [0.5, 0.6) is 0 Å². The Bertz CT molecular complexity index is 564. The van der Waals surface area contributed by atoms with E-state index in [1.807, 2.05) is 29.8 Å². The van der Waals surface area contributed by atoms with E-state index in [1.165, 1.54) is 5.56 Å². The number of aryl methyl sites for hydroxylation is 1. The second-order valence-corrected chi connectivity index (χ2v) is 6.46. The molecule has 1 aliphatic carbocycles. The fraction of sp³-hybridized carbons (Fsp3) is 0.412. The smallest absolute Gasteiger partial charge is 0.223 e. The number of amides is 1. The first kappa shape index (κ1) is 14.3. The average Bonchev–Trinajstić information content (AvgIpc) is 3.22. The minimum Gasteiger partial charge on any atom is -0.339 e. The first-order valence-corrected chi connectivity index (χ1v) is 8.42. The van der Waals surface area contributed by atoms with Crippen LogP contribution in [0.2, 0.25) is 0 Å². The molecule has 3 nitrogen and oxygen atoms in total. The Morgan fingerprint density at radius 1 is 1.24 bits per heavy atom. The fourth-order valence-corrected chi connectivity index (χ4v) is 3.14. The SMILES string of the molecule is O=C(CCc1ccccc1)N(CCc1nccs1)C1CC1. The van der Waals surface area contributed by atoms with Gasteiger partial charge in [-0.2, -0.15) is 0 Å². The van der Waals surface area contributed by atoms with Gasteiger partial charge in [-0.3, -0.25) is 4.79 Å². The minimum absolute atomic E-state index is 0.290. The molecule has 0 aliphatic heterocycles. The highest BCUT2D eigenvalue weighted by Gasteiger charge is 2.31. The molecule has 3 rings (SSSR count). The molecule has 1 aromatic carbocycles. The second kappa shape index (κ2) is 6.85. The lowest BCUT2D eigenvalue weighted by atomic mass is 10.1. The van der Waals surface area contributed by atoms with Crippen molar-refractivity contribution < 1.29 is 4.79 Å². The van der Waals surface area contributed by atoms with Crippen LogP contribution in [0.15, 0.2) is 41.9 Å². The van der Waals surface area contributed by atoms with Crippen LogP contribution in [-0.4, -0.2) is 28.4 Å². The summed E-state index contributed by atoms with van der Waals surface area (Å²) in [5, 5.41) is 3.12. The highest BCUT2D eigenvalue weighted by molar-refractivity contribution is 7.09. The molecule has 0 atom stereocenters. The van der Waals surface area contributed by atoms with Crippen LogP contribution in [0, 0.1) is 0 Å². The molecule has 2 aromatic rings. The molecule has 1 heterocycles. The van der Waals surface area contributed by atoms with Crippen LogP contribution >= 0.6 is 11.3 Å². The summed E-state index contributed by atoms with van der Waals surface area (Å²) in [7, 11) is 0. The molecule has 1 fully saturated rings. The molecule has 4 heteroatoms. The Labute approximate surface area is 129 Å².